The van der Waals surface area contributed by atoms with Gasteiger partial charge in [-0.1, -0.05) is 43.7 Å². The molecule has 0 aliphatic carbocycles. The van der Waals surface area contributed by atoms with Crippen LogP contribution in [0, 0.1) is 0 Å². The van der Waals surface area contributed by atoms with Gasteiger partial charge in [-0.15, -0.1) is 11.6 Å². The Morgan fingerprint density at radius 3 is 2.69 bits per heavy atom. The van der Waals surface area contributed by atoms with Crippen molar-refractivity contribution in [3.8, 4) is 5.75 Å². The first-order valence-corrected chi connectivity index (χ1v) is 13.7. The number of ether oxygens (including phenoxy) is 1. The van der Waals surface area contributed by atoms with Crippen LogP contribution in [0.5, 0.6) is 5.75 Å². The van der Waals surface area contributed by atoms with Gasteiger partial charge < -0.3 is 25.0 Å². The molecule has 10 heteroatoms. The van der Waals surface area contributed by atoms with E-state index in [4.69, 9.17) is 32.2 Å². The molecule has 4 rings (SSSR count). The number of carbonyl (C=O) groups is 2. The number of amides is 1. The number of fused-ring (bicyclic) bond motifs is 3. The van der Waals surface area contributed by atoms with Gasteiger partial charge in [-0.25, -0.2) is 14.8 Å². The van der Waals surface area contributed by atoms with Crippen molar-refractivity contribution in [3.05, 3.63) is 59.9 Å². The number of aryl methyl sites for hydroxylation is 2. The van der Waals surface area contributed by atoms with Crippen LogP contribution in [-0.2, 0) is 29.1 Å². The summed E-state index contributed by atoms with van der Waals surface area (Å²) in [6, 6.07) is 15.0. The molecule has 0 spiro atoms. The molecule has 1 atom stereocenters. The zero-order valence-corrected chi connectivity index (χ0v) is 23.0. The van der Waals surface area contributed by atoms with Crippen molar-refractivity contribution in [2.24, 2.45) is 0 Å². The molecule has 0 fully saturated rings. The number of pyridine rings is 1. The molecule has 0 aliphatic heterocycles. The molecule has 0 aliphatic rings. The highest BCUT2D eigenvalue weighted by atomic mass is 35.5. The first-order chi connectivity index (χ1) is 18.8. The van der Waals surface area contributed by atoms with E-state index in [0.29, 0.717) is 43.1 Å². The number of rotatable bonds is 13. The number of para-hydroxylation sites is 1. The predicted molar refractivity (Wildman–Crippen MR) is 153 cm³/mol. The number of benzene rings is 2. The number of carboxylic acid groups (broad SMARTS) is 1. The number of anilines is 1. The van der Waals surface area contributed by atoms with E-state index in [1.54, 1.807) is 23.1 Å². The summed E-state index contributed by atoms with van der Waals surface area (Å²) in [5.74, 6) is 0.457. The van der Waals surface area contributed by atoms with Gasteiger partial charge >= 0.3 is 5.97 Å². The number of halogens is 1. The Bertz CT molecular complexity index is 1470. The predicted octanol–water partition coefficient (Wildman–Crippen LogP) is 5.02. The topological polar surface area (TPSA) is 124 Å². The summed E-state index contributed by atoms with van der Waals surface area (Å²) in [7, 11) is 0. The number of aromatic nitrogens is 3. The van der Waals surface area contributed by atoms with Gasteiger partial charge in [0.15, 0.2) is 11.9 Å². The van der Waals surface area contributed by atoms with Crippen molar-refractivity contribution >= 4 is 51.2 Å². The number of nitrogens with two attached hydrogens (primary N) is 1. The van der Waals surface area contributed by atoms with Gasteiger partial charge in [0.1, 0.15) is 23.0 Å². The van der Waals surface area contributed by atoms with Gasteiger partial charge in [-0.05, 0) is 43.5 Å². The highest BCUT2D eigenvalue weighted by molar-refractivity contribution is 6.27. The molecule has 2 aromatic carbocycles. The standard InChI is InChI=1S/C29H34ClN5O4/c1-3-4-13-24-33-26-27(22-11-5-6-12-23(22)32-28(26)31)35(24)15-8-14-34(25(36)17-30)18-20-9-7-10-21(16-20)39-19(2)29(37)38/h5-7,9-12,16,19H,3-4,8,13-15,17-18H2,1-2H3,(H2,31,32)(H,37,38). The van der Waals surface area contributed by atoms with Crippen molar-refractivity contribution in [1.29, 1.82) is 0 Å². The number of carbonyl (C=O) groups excluding carboxylic acids is 1. The fraction of sp³-hybridized carbons (Fsp3) is 0.379. The zero-order valence-electron chi connectivity index (χ0n) is 22.3. The van der Waals surface area contributed by atoms with Crippen LogP contribution in [0.3, 0.4) is 0 Å². The fourth-order valence-electron chi connectivity index (χ4n) is 4.66. The molecular formula is C29H34ClN5O4. The normalized spacial score (nSPS) is 12.1. The van der Waals surface area contributed by atoms with Gasteiger partial charge in [0.2, 0.25) is 5.91 Å². The third kappa shape index (κ3) is 6.60. The number of nitrogen functional groups attached to an aromatic ring is 1. The summed E-state index contributed by atoms with van der Waals surface area (Å²) >= 11 is 5.95. The Kier molecular flexibility index (Phi) is 9.24. The molecule has 1 amide bonds. The van der Waals surface area contributed by atoms with Crippen LogP contribution in [-0.4, -0.2) is 54.9 Å². The van der Waals surface area contributed by atoms with Gasteiger partial charge in [-0.3, -0.25) is 4.79 Å². The van der Waals surface area contributed by atoms with E-state index in [2.05, 4.69) is 16.5 Å². The highest BCUT2D eigenvalue weighted by Crippen LogP contribution is 2.29. The van der Waals surface area contributed by atoms with Crippen molar-refractivity contribution < 1.29 is 19.4 Å². The van der Waals surface area contributed by atoms with E-state index in [1.807, 2.05) is 30.3 Å². The maximum Gasteiger partial charge on any atom is 0.344 e. The van der Waals surface area contributed by atoms with Crippen LogP contribution in [0.25, 0.3) is 21.9 Å². The Morgan fingerprint density at radius 1 is 1.15 bits per heavy atom. The summed E-state index contributed by atoms with van der Waals surface area (Å²) in [6.45, 7) is 5.08. The number of imidazole rings is 1. The molecule has 0 saturated carbocycles. The van der Waals surface area contributed by atoms with E-state index >= 15 is 0 Å². The molecule has 2 heterocycles. The average molecular weight is 552 g/mol. The van der Waals surface area contributed by atoms with E-state index in [1.165, 1.54) is 6.92 Å². The maximum absolute atomic E-state index is 12.7. The molecule has 206 valence electrons. The molecule has 9 nitrogen and oxygen atoms in total. The van der Waals surface area contributed by atoms with Crippen molar-refractivity contribution in [1.82, 2.24) is 19.4 Å². The summed E-state index contributed by atoms with van der Waals surface area (Å²) in [4.78, 5) is 35.0. The van der Waals surface area contributed by atoms with E-state index in [9.17, 15) is 9.59 Å². The number of hydrogen-bond donors (Lipinski definition) is 2. The minimum Gasteiger partial charge on any atom is -0.479 e. The number of alkyl halides is 1. The molecule has 0 bridgehead atoms. The highest BCUT2D eigenvalue weighted by Gasteiger charge is 2.19. The van der Waals surface area contributed by atoms with Crippen molar-refractivity contribution in [3.63, 3.8) is 0 Å². The molecule has 0 saturated heterocycles. The number of nitrogens with zero attached hydrogens (tertiary/aromatic N) is 4. The molecule has 2 aromatic heterocycles. The smallest absolute Gasteiger partial charge is 0.344 e. The van der Waals surface area contributed by atoms with Gasteiger partial charge in [0.05, 0.1) is 11.0 Å². The first kappa shape index (κ1) is 28.2. The summed E-state index contributed by atoms with van der Waals surface area (Å²) in [5.41, 5.74) is 9.64. The second kappa shape index (κ2) is 12.8. The summed E-state index contributed by atoms with van der Waals surface area (Å²) < 4.78 is 7.71. The molecule has 3 N–H and O–H groups in total. The fourth-order valence-corrected chi connectivity index (χ4v) is 4.83. The second-order valence-electron chi connectivity index (χ2n) is 9.54. The summed E-state index contributed by atoms with van der Waals surface area (Å²) in [6.07, 6.45) is 2.57. The van der Waals surface area contributed by atoms with Crippen molar-refractivity contribution in [2.45, 2.75) is 58.7 Å². The third-order valence-corrected chi connectivity index (χ3v) is 6.88. The Morgan fingerprint density at radius 2 is 1.95 bits per heavy atom. The van der Waals surface area contributed by atoms with Crippen LogP contribution in [0.2, 0.25) is 0 Å². The zero-order chi connectivity index (χ0) is 27.9. The van der Waals surface area contributed by atoms with Gasteiger partial charge in [0.25, 0.3) is 0 Å². The van der Waals surface area contributed by atoms with E-state index in [0.717, 1.165) is 47.1 Å². The minimum absolute atomic E-state index is 0.130. The number of unbranched alkanes of at least 4 members (excludes halogenated alkanes) is 1. The quantitative estimate of drug-likeness (QED) is 0.224. The van der Waals surface area contributed by atoms with Gasteiger partial charge in [0, 0.05) is 31.4 Å². The number of hydrogen-bond acceptors (Lipinski definition) is 6. The first-order valence-electron chi connectivity index (χ1n) is 13.2. The van der Waals surface area contributed by atoms with Crippen LogP contribution < -0.4 is 10.5 Å². The monoisotopic (exact) mass is 551 g/mol. The largest absolute Gasteiger partial charge is 0.479 e. The van der Waals surface area contributed by atoms with E-state index in [-0.39, 0.29) is 11.8 Å². The second-order valence-corrected chi connectivity index (χ2v) is 9.81. The molecular weight excluding hydrogens is 518 g/mol. The van der Waals surface area contributed by atoms with Crippen LogP contribution in [0.1, 0.15) is 44.5 Å². The van der Waals surface area contributed by atoms with Crippen LogP contribution >= 0.6 is 11.6 Å². The number of aliphatic carboxylic acids is 1. The van der Waals surface area contributed by atoms with Gasteiger partial charge in [-0.2, -0.15) is 0 Å². The third-order valence-electron chi connectivity index (χ3n) is 6.65. The van der Waals surface area contributed by atoms with Crippen LogP contribution in [0.4, 0.5) is 5.82 Å². The Labute approximate surface area is 232 Å². The molecule has 1 unspecified atom stereocenters. The lowest BCUT2D eigenvalue weighted by molar-refractivity contribution is -0.144. The molecule has 39 heavy (non-hydrogen) atoms. The lowest BCUT2D eigenvalue weighted by Gasteiger charge is -2.23. The Hall–Kier alpha value is -3.85. The van der Waals surface area contributed by atoms with Crippen molar-refractivity contribution in [2.75, 3.05) is 18.2 Å². The maximum atomic E-state index is 12.7. The lowest BCUT2D eigenvalue weighted by Crippen LogP contribution is -2.33. The average Bonchev–Trinajstić information content (AvgIpc) is 3.30. The number of carboxylic acids is 1. The lowest BCUT2D eigenvalue weighted by atomic mass is 10.1. The van der Waals surface area contributed by atoms with E-state index < -0.39 is 12.1 Å². The minimum atomic E-state index is -1.05. The Balaban J connectivity index is 1.56. The SMILES string of the molecule is CCCCc1nc2c(N)nc3ccccc3c2n1CCCN(Cc1cccc(OC(C)C(=O)O)c1)C(=O)CCl. The molecule has 4 aromatic rings. The van der Waals surface area contributed by atoms with Crippen LogP contribution in [0.15, 0.2) is 48.5 Å². The summed E-state index contributed by atoms with van der Waals surface area (Å²) in [5, 5.41) is 10.1. The molecule has 0 radical (unpaired) electrons.